The van der Waals surface area contributed by atoms with Gasteiger partial charge in [0.15, 0.2) is 0 Å². The van der Waals surface area contributed by atoms with Crippen molar-refractivity contribution in [1.82, 2.24) is 0 Å². The van der Waals surface area contributed by atoms with Gasteiger partial charge in [-0.3, -0.25) is 4.79 Å². The van der Waals surface area contributed by atoms with E-state index in [9.17, 15) is 14.7 Å². The zero-order valence-electron chi connectivity index (χ0n) is 7.57. The van der Waals surface area contributed by atoms with Crippen molar-refractivity contribution in [2.75, 3.05) is 5.32 Å². The molecule has 0 spiro atoms. The van der Waals surface area contributed by atoms with E-state index < -0.39 is 11.9 Å². The van der Waals surface area contributed by atoms with Crippen molar-refractivity contribution in [1.29, 1.82) is 0 Å². The number of rotatable bonds is 3. The molecule has 0 bridgehead atoms. The molecule has 1 rings (SSSR count). The Labute approximate surface area is 91.2 Å². The SMILES string of the molecule is O=C([O-])/C=C\C(=O)Nc1ccccc1Cl. The minimum absolute atomic E-state index is 0.382. The van der Waals surface area contributed by atoms with Gasteiger partial charge in [0.1, 0.15) is 0 Å². The van der Waals surface area contributed by atoms with Gasteiger partial charge in [-0.25, -0.2) is 0 Å². The van der Waals surface area contributed by atoms with Crippen LogP contribution in [0.3, 0.4) is 0 Å². The van der Waals surface area contributed by atoms with E-state index in [1.807, 2.05) is 0 Å². The Morgan fingerprint density at radius 3 is 2.53 bits per heavy atom. The van der Waals surface area contributed by atoms with Gasteiger partial charge in [-0.15, -0.1) is 0 Å². The summed E-state index contributed by atoms with van der Waals surface area (Å²) in [5, 5.41) is 12.8. The van der Waals surface area contributed by atoms with Crippen molar-refractivity contribution < 1.29 is 14.7 Å². The van der Waals surface area contributed by atoms with E-state index in [4.69, 9.17) is 11.6 Å². The minimum atomic E-state index is -1.43. The fourth-order valence-electron chi connectivity index (χ4n) is 0.881. The first-order valence-corrected chi connectivity index (χ1v) is 4.42. The molecule has 1 aromatic carbocycles. The van der Waals surface area contributed by atoms with E-state index in [2.05, 4.69) is 5.32 Å². The normalized spacial score (nSPS) is 10.2. The third kappa shape index (κ3) is 3.83. The number of nitrogens with one attached hydrogen (secondary N) is 1. The molecule has 4 nitrogen and oxygen atoms in total. The van der Waals surface area contributed by atoms with Gasteiger partial charge in [-0.05, 0) is 18.2 Å². The van der Waals surface area contributed by atoms with E-state index in [1.54, 1.807) is 24.3 Å². The van der Waals surface area contributed by atoms with Gasteiger partial charge in [0, 0.05) is 6.08 Å². The summed E-state index contributed by atoms with van der Waals surface area (Å²) in [6.07, 6.45) is 1.50. The lowest BCUT2D eigenvalue weighted by Crippen LogP contribution is -2.20. The Hall–Kier alpha value is -1.81. The van der Waals surface area contributed by atoms with Gasteiger partial charge in [0.05, 0.1) is 16.7 Å². The van der Waals surface area contributed by atoms with Gasteiger partial charge in [-0.2, -0.15) is 0 Å². The number of carbonyl (C=O) groups is 2. The Bertz CT molecular complexity index is 415. The average Bonchev–Trinajstić information content (AvgIpc) is 2.18. The predicted molar refractivity (Wildman–Crippen MR) is 54.2 cm³/mol. The second kappa shape index (κ2) is 5.17. The van der Waals surface area contributed by atoms with Crippen molar-refractivity contribution in [2.24, 2.45) is 0 Å². The zero-order chi connectivity index (χ0) is 11.3. The monoisotopic (exact) mass is 224 g/mol. The Kier molecular flexibility index (Phi) is 3.88. The molecule has 15 heavy (non-hydrogen) atoms. The van der Waals surface area contributed by atoms with Crippen LogP contribution in [0.25, 0.3) is 0 Å². The number of anilines is 1. The highest BCUT2D eigenvalue weighted by Gasteiger charge is 2.00. The topological polar surface area (TPSA) is 69.2 Å². The maximum absolute atomic E-state index is 11.1. The van der Waals surface area contributed by atoms with Gasteiger partial charge < -0.3 is 15.2 Å². The van der Waals surface area contributed by atoms with Crippen molar-refractivity contribution >= 4 is 29.2 Å². The summed E-state index contributed by atoms with van der Waals surface area (Å²) in [5.41, 5.74) is 0.423. The quantitative estimate of drug-likeness (QED) is 0.764. The van der Waals surface area contributed by atoms with Crippen LogP contribution < -0.4 is 10.4 Å². The van der Waals surface area contributed by atoms with E-state index in [1.165, 1.54) is 0 Å². The summed E-state index contributed by atoms with van der Waals surface area (Å²) in [6, 6.07) is 6.63. The molecule has 1 aromatic rings. The minimum Gasteiger partial charge on any atom is -0.545 e. The van der Waals surface area contributed by atoms with Gasteiger partial charge in [-0.1, -0.05) is 23.7 Å². The number of benzene rings is 1. The molecule has 0 atom stereocenters. The standard InChI is InChI=1S/C10H8ClNO3/c11-7-3-1-2-4-8(7)12-9(13)5-6-10(14)15/h1-6H,(H,12,13)(H,14,15)/p-1/b6-5-. The molecule has 1 amide bonds. The number of para-hydroxylation sites is 1. The first-order chi connectivity index (χ1) is 7.09. The summed E-state index contributed by atoms with van der Waals surface area (Å²) in [5.74, 6) is -2.00. The van der Waals surface area contributed by atoms with Crippen molar-refractivity contribution in [2.45, 2.75) is 0 Å². The van der Waals surface area contributed by atoms with Crippen LogP contribution >= 0.6 is 11.6 Å². The highest BCUT2D eigenvalue weighted by Crippen LogP contribution is 2.20. The van der Waals surface area contributed by atoms with E-state index in [0.717, 1.165) is 6.08 Å². The molecule has 0 aliphatic carbocycles. The van der Waals surface area contributed by atoms with Crippen molar-refractivity contribution in [3.8, 4) is 0 Å². The number of halogens is 1. The number of amides is 1. The lowest BCUT2D eigenvalue weighted by Gasteiger charge is -2.03. The summed E-state index contributed by atoms with van der Waals surface area (Å²) >= 11 is 5.76. The van der Waals surface area contributed by atoms with E-state index >= 15 is 0 Å². The van der Waals surface area contributed by atoms with Crippen LogP contribution in [-0.2, 0) is 9.59 Å². The summed E-state index contributed by atoms with van der Waals surface area (Å²) in [7, 11) is 0. The molecule has 0 unspecified atom stereocenters. The van der Waals surface area contributed by atoms with Gasteiger partial charge in [0.25, 0.3) is 0 Å². The highest BCUT2D eigenvalue weighted by atomic mass is 35.5. The molecule has 0 aliphatic heterocycles. The fourth-order valence-corrected chi connectivity index (χ4v) is 1.06. The van der Waals surface area contributed by atoms with Crippen LogP contribution in [0, 0.1) is 0 Å². The number of carboxylic acids is 1. The molecule has 78 valence electrons. The fraction of sp³-hybridized carbons (Fsp3) is 0. The number of aliphatic carboxylic acids is 1. The Morgan fingerprint density at radius 1 is 1.27 bits per heavy atom. The van der Waals surface area contributed by atoms with Crippen molar-refractivity contribution in [3.63, 3.8) is 0 Å². The molecule has 0 radical (unpaired) electrons. The van der Waals surface area contributed by atoms with Crippen LogP contribution in [0.1, 0.15) is 0 Å². The zero-order valence-corrected chi connectivity index (χ0v) is 8.32. The second-order valence-electron chi connectivity index (χ2n) is 2.62. The summed E-state index contributed by atoms with van der Waals surface area (Å²) in [4.78, 5) is 21.1. The van der Waals surface area contributed by atoms with Crippen LogP contribution in [0.2, 0.25) is 5.02 Å². The number of carboxylic acid groups (broad SMARTS) is 1. The first-order valence-electron chi connectivity index (χ1n) is 4.04. The lowest BCUT2D eigenvalue weighted by atomic mass is 10.3. The number of carbonyl (C=O) groups excluding carboxylic acids is 2. The molecule has 0 saturated carbocycles. The van der Waals surface area contributed by atoms with Gasteiger partial charge in [0.2, 0.25) is 5.91 Å². The van der Waals surface area contributed by atoms with Crippen LogP contribution in [0.5, 0.6) is 0 Å². The highest BCUT2D eigenvalue weighted by molar-refractivity contribution is 6.33. The van der Waals surface area contributed by atoms with Crippen LogP contribution in [0.4, 0.5) is 5.69 Å². The Morgan fingerprint density at radius 2 is 1.93 bits per heavy atom. The molecule has 0 aromatic heterocycles. The molecule has 5 heteroatoms. The van der Waals surface area contributed by atoms with Crippen LogP contribution in [0.15, 0.2) is 36.4 Å². The third-order valence-corrected chi connectivity index (χ3v) is 1.83. The number of hydrogen-bond donors (Lipinski definition) is 1. The molecular weight excluding hydrogens is 218 g/mol. The Balaban J connectivity index is 2.67. The van der Waals surface area contributed by atoms with E-state index in [0.29, 0.717) is 16.8 Å². The third-order valence-electron chi connectivity index (χ3n) is 1.50. The van der Waals surface area contributed by atoms with Crippen LogP contribution in [-0.4, -0.2) is 11.9 Å². The smallest absolute Gasteiger partial charge is 0.248 e. The summed E-state index contributed by atoms with van der Waals surface area (Å²) < 4.78 is 0. The first kappa shape index (κ1) is 11.3. The van der Waals surface area contributed by atoms with Crippen molar-refractivity contribution in [3.05, 3.63) is 41.4 Å². The average molecular weight is 225 g/mol. The molecule has 0 heterocycles. The molecule has 0 fully saturated rings. The molecule has 1 N–H and O–H groups in total. The predicted octanol–water partition coefficient (Wildman–Crippen LogP) is 0.585. The second-order valence-corrected chi connectivity index (χ2v) is 3.03. The molecular formula is C10H7ClNO3-. The molecule has 0 saturated heterocycles. The number of hydrogen-bond acceptors (Lipinski definition) is 3. The maximum Gasteiger partial charge on any atom is 0.248 e. The maximum atomic E-state index is 11.1. The lowest BCUT2D eigenvalue weighted by molar-refractivity contribution is -0.297. The molecule has 0 aliphatic rings. The largest absolute Gasteiger partial charge is 0.545 e. The van der Waals surface area contributed by atoms with Gasteiger partial charge >= 0.3 is 0 Å². The van der Waals surface area contributed by atoms with E-state index in [-0.39, 0.29) is 0 Å². The summed E-state index contributed by atoms with van der Waals surface area (Å²) in [6.45, 7) is 0.